The van der Waals surface area contributed by atoms with Crippen LogP contribution in [0.3, 0.4) is 0 Å². The molecule has 2 heterocycles. The number of carbonyl (C=O) groups excluding carboxylic acids is 1. The molecule has 4 rings (SSSR count). The molecule has 0 saturated carbocycles. The Morgan fingerprint density at radius 2 is 2.03 bits per heavy atom. The number of fused-ring (bicyclic) bond motifs is 1. The average Bonchev–Trinajstić information content (AvgIpc) is 2.67. The van der Waals surface area contributed by atoms with Crippen LogP contribution in [0.2, 0.25) is 5.02 Å². The van der Waals surface area contributed by atoms with Crippen LogP contribution in [0.5, 0.6) is 0 Å². The summed E-state index contributed by atoms with van der Waals surface area (Å²) in [6.45, 7) is 4.35. The highest BCUT2D eigenvalue weighted by Gasteiger charge is 2.38. The summed E-state index contributed by atoms with van der Waals surface area (Å²) in [5.41, 5.74) is 2.55. The van der Waals surface area contributed by atoms with Crippen LogP contribution in [0, 0.1) is 5.92 Å². The lowest BCUT2D eigenvalue weighted by Gasteiger charge is -2.33. The molecular formula is C22H24ClN3O2S. The third-order valence-corrected chi connectivity index (χ3v) is 6.64. The minimum atomic E-state index is -0.492. The Bertz CT molecular complexity index is 1040. The molecule has 0 saturated heterocycles. The number of Topliss-reactive ketones (excluding diaryl/α,β-unsaturated/α-hetero) is 1. The van der Waals surface area contributed by atoms with Crippen molar-refractivity contribution in [1.29, 1.82) is 0 Å². The van der Waals surface area contributed by atoms with E-state index in [1.807, 2.05) is 18.2 Å². The Morgan fingerprint density at radius 3 is 2.79 bits per heavy atom. The first-order valence-corrected chi connectivity index (χ1v) is 11.4. The first-order valence-electron chi connectivity index (χ1n) is 10.0. The number of H-pyrrole nitrogens is 1. The van der Waals surface area contributed by atoms with Crippen molar-refractivity contribution in [3.63, 3.8) is 0 Å². The van der Waals surface area contributed by atoms with E-state index in [4.69, 9.17) is 16.6 Å². The third kappa shape index (κ3) is 4.01. The Labute approximate surface area is 179 Å². The largest absolute Gasteiger partial charge is 0.343 e. The number of allylic oxidation sites excluding steroid dienone is 2. The molecule has 0 fully saturated rings. The number of aromatic nitrogens is 2. The minimum Gasteiger partial charge on any atom is -0.343 e. The number of ketones is 1. The van der Waals surface area contributed by atoms with Crippen molar-refractivity contribution in [2.45, 2.75) is 50.6 Å². The molecule has 1 atom stereocenters. The molecule has 2 aliphatic rings. The van der Waals surface area contributed by atoms with Gasteiger partial charge >= 0.3 is 0 Å². The lowest BCUT2D eigenvalue weighted by Crippen LogP contribution is -2.32. The molecule has 0 bridgehead atoms. The Kier molecular flexibility index (Phi) is 5.83. The zero-order chi connectivity index (χ0) is 20.5. The van der Waals surface area contributed by atoms with Crippen molar-refractivity contribution < 1.29 is 4.79 Å². The van der Waals surface area contributed by atoms with Crippen LogP contribution in [0.1, 0.15) is 56.6 Å². The topological polar surface area (TPSA) is 74.8 Å². The normalized spacial score (nSPS) is 18.5. The summed E-state index contributed by atoms with van der Waals surface area (Å²) < 4.78 is 0. The van der Waals surface area contributed by atoms with Gasteiger partial charge in [-0.3, -0.25) is 9.59 Å². The SMILES string of the molecule is CC(C)CCSc1nc2c(c(=O)[nH]1)C(c1ccccc1Cl)C1=C(CCCC1=O)N2. The Balaban J connectivity index is 1.82. The van der Waals surface area contributed by atoms with Gasteiger partial charge in [0, 0.05) is 34.4 Å². The summed E-state index contributed by atoms with van der Waals surface area (Å²) in [5, 5.41) is 4.45. The van der Waals surface area contributed by atoms with E-state index in [0.29, 0.717) is 39.5 Å². The Hall–Kier alpha value is -2.05. The molecule has 1 aliphatic heterocycles. The molecular weight excluding hydrogens is 406 g/mol. The highest BCUT2D eigenvalue weighted by molar-refractivity contribution is 7.99. The predicted octanol–water partition coefficient (Wildman–Crippen LogP) is 5.13. The highest BCUT2D eigenvalue weighted by Crippen LogP contribution is 2.45. The number of thioether (sulfide) groups is 1. The van der Waals surface area contributed by atoms with Gasteiger partial charge in [-0.1, -0.05) is 55.4 Å². The molecule has 5 nitrogen and oxygen atoms in total. The number of hydrogen-bond acceptors (Lipinski definition) is 5. The molecule has 1 aromatic heterocycles. The van der Waals surface area contributed by atoms with E-state index >= 15 is 0 Å². The molecule has 2 N–H and O–H groups in total. The van der Waals surface area contributed by atoms with Crippen LogP contribution in [0.4, 0.5) is 5.82 Å². The number of carbonyl (C=O) groups is 1. The van der Waals surface area contributed by atoms with E-state index in [0.717, 1.165) is 36.3 Å². The summed E-state index contributed by atoms with van der Waals surface area (Å²) in [5.74, 6) is 1.60. The van der Waals surface area contributed by atoms with Crippen LogP contribution >= 0.6 is 23.4 Å². The predicted molar refractivity (Wildman–Crippen MR) is 118 cm³/mol. The maximum atomic E-state index is 13.1. The van der Waals surface area contributed by atoms with Crippen LogP contribution in [0.25, 0.3) is 0 Å². The van der Waals surface area contributed by atoms with Crippen LogP contribution in [-0.4, -0.2) is 21.5 Å². The van der Waals surface area contributed by atoms with Crippen molar-refractivity contribution >= 4 is 35.0 Å². The number of halogens is 1. The van der Waals surface area contributed by atoms with E-state index in [1.54, 1.807) is 17.8 Å². The summed E-state index contributed by atoms with van der Waals surface area (Å²) >= 11 is 8.04. The van der Waals surface area contributed by atoms with E-state index in [9.17, 15) is 9.59 Å². The average molecular weight is 430 g/mol. The third-order valence-electron chi connectivity index (χ3n) is 5.39. The second-order valence-corrected chi connectivity index (χ2v) is 9.40. The van der Waals surface area contributed by atoms with Crippen molar-refractivity contribution in [3.8, 4) is 0 Å². The number of aromatic amines is 1. The molecule has 2 aromatic rings. The number of benzene rings is 1. The number of hydrogen-bond donors (Lipinski definition) is 2. The van der Waals surface area contributed by atoms with Gasteiger partial charge in [-0.2, -0.15) is 0 Å². The molecule has 0 amide bonds. The maximum absolute atomic E-state index is 13.1. The van der Waals surface area contributed by atoms with Gasteiger partial charge in [-0.25, -0.2) is 4.98 Å². The summed E-state index contributed by atoms with van der Waals surface area (Å²) in [7, 11) is 0. The van der Waals surface area contributed by atoms with Crippen molar-refractivity contribution in [2.24, 2.45) is 5.92 Å². The second-order valence-electron chi connectivity index (χ2n) is 7.91. The number of nitrogens with zero attached hydrogens (tertiary/aromatic N) is 1. The number of nitrogens with one attached hydrogen (secondary N) is 2. The van der Waals surface area contributed by atoms with Gasteiger partial charge in [0.2, 0.25) is 0 Å². The number of anilines is 1. The fraction of sp³-hybridized carbons (Fsp3) is 0.409. The van der Waals surface area contributed by atoms with Gasteiger partial charge in [0.15, 0.2) is 10.9 Å². The first kappa shape index (κ1) is 20.2. The van der Waals surface area contributed by atoms with Crippen LogP contribution in [0.15, 0.2) is 45.5 Å². The van der Waals surface area contributed by atoms with Crippen molar-refractivity contribution in [1.82, 2.24) is 9.97 Å². The van der Waals surface area contributed by atoms with Gasteiger partial charge < -0.3 is 10.3 Å². The smallest absolute Gasteiger partial charge is 0.257 e. The quantitative estimate of drug-likeness (QED) is 0.509. The van der Waals surface area contributed by atoms with Crippen LogP contribution in [-0.2, 0) is 4.79 Å². The fourth-order valence-electron chi connectivity index (χ4n) is 3.92. The first-order chi connectivity index (χ1) is 14.0. The van der Waals surface area contributed by atoms with Gasteiger partial charge in [0.25, 0.3) is 5.56 Å². The summed E-state index contributed by atoms with van der Waals surface area (Å²) in [6.07, 6.45) is 3.11. The highest BCUT2D eigenvalue weighted by atomic mass is 35.5. The van der Waals surface area contributed by atoms with Gasteiger partial charge in [-0.15, -0.1) is 0 Å². The van der Waals surface area contributed by atoms with Crippen LogP contribution < -0.4 is 10.9 Å². The van der Waals surface area contributed by atoms with Gasteiger partial charge in [0.1, 0.15) is 5.82 Å². The van der Waals surface area contributed by atoms with Crippen molar-refractivity contribution in [2.75, 3.05) is 11.1 Å². The van der Waals surface area contributed by atoms with Gasteiger partial charge in [0.05, 0.1) is 5.56 Å². The standard InChI is InChI=1S/C22H24ClN3O2S/c1-12(2)10-11-29-22-25-20-19(21(28)26-22)17(13-6-3-4-7-14(13)23)18-15(24-20)8-5-9-16(18)27/h3-4,6-7,12,17H,5,8-11H2,1-2H3,(H2,24,25,26,28). The van der Waals surface area contributed by atoms with Gasteiger partial charge in [-0.05, 0) is 36.8 Å². The lowest BCUT2D eigenvalue weighted by molar-refractivity contribution is -0.116. The molecule has 0 spiro atoms. The maximum Gasteiger partial charge on any atom is 0.257 e. The summed E-state index contributed by atoms with van der Waals surface area (Å²) in [4.78, 5) is 33.6. The number of rotatable bonds is 5. The monoisotopic (exact) mass is 429 g/mol. The van der Waals surface area contributed by atoms with E-state index in [1.165, 1.54) is 0 Å². The lowest BCUT2D eigenvalue weighted by atomic mass is 9.76. The molecule has 1 aliphatic carbocycles. The molecule has 1 unspecified atom stereocenters. The zero-order valence-corrected chi connectivity index (χ0v) is 18.1. The van der Waals surface area contributed by atoms with E-state index in [2.05, 4.69) is 24.1 Å². The Morgan fingerprint density at radius 1 is 1.24 bits per heavy atom. The molecule has 7 heteroatoms. The molecule has 0 radical (unpaired) electrons. The fourth-order valence-corrected chi connectivity index (χ4v) is 5.27. The van der Waals surface area contributed by atoms with E-state index < -0.39 is 5.92 Å². The summed E-state index contributed by atoms with van der Waals surface area (Å²) in [6, 6.07) is 7.42. The van der Waals surface area contributed by atoms with E-state index in [-0.39, 0.29) is 11.3 Å². The second kappa shape index (κ2) is 8.36. The molecule has 1 aromatic carbocycles. The molecule has 152 valence electrons. The minimum absolute atomic E-state index is 0.0732. The van der Waals surface area contributed by atoms with Crippen molar-refractivity contribution in [3.05, 3.63) is 62.0 Å². The zero-order valence-electron chi connectivity index (χ0n) is 16.5. The molecule has 29 heavy (non-hydrogen) atoms.